The standard InChI is InChI=1S/C15H15F2N3/c16-10-5-4-9(12(17)7-10)6-15-19-8-11-13(18)2-1-3-14(11)20-15/h4-5,7-8,13H,1-3,6,18H2. The summed E-state index contributed by atoms with van der Waals surface area (Å²) >= 11 is 0. The summed E-state index contributed by atoms with van der Waals surface area (Å²) in [6.07, 6.45) is 4.83. The minimum atomic E-state index is -0.580. The molecule has 20 heavy (non-hydrogen) atoms. The van der Waals surface area contributed by atoms with Gasteiger partial charge in [-0.2, -0.15) is 0 Å². The molecule has 1 unspecified atom stereocenters. The molecule has 3 rings (SSSR count). The zero-order chi connectivity index (χ0) is 14.1. The van der Waals surface area contributed by atoms with Gasteiger partial charge in [-0.25, -0.2) is 18.7 Å². The van der Waals surface area contributed by atoms with E-state index in [1.807, 2.05) is 0 Å². The molecule has 1 heterocycles. The molecule has 2 aromatic rings. The Hall–Kier alpha value is -1.88. The second kappa shape index (κ2) is 5.25. The number of hydrogen-bond donors (Lipinski definition) is 1. The van der Waals surface area contributed by atoms with Gasteiger partial charge in [-0.05, 0) is 30.9 Å². The molecule has 1 aliphatic rings. The van der Waals surface area contributed by atoms with Crippen molar-refractivity contribution < 1.29 is 8.78 Å². The maximum absolute atomic E-state index is 13.6. The van der Waals surface area contributed by atoms with Gasteiger partial charge in [-0.3, -0.25) is 0 Å². The molecular formula is C15H15F2N3. The number of nitrogens with two attached hydrogens (primary N) is 1. The van der Waals surface area contributed by atoms with Crippen molar-refractivity contribution in [1.82, 2.24) is 9.97 Å². The number of hydrogen-bond acceptors (Lipinski definition) is 3. The topological polar surface area (TPSA) is 51.8 Å². The van der Waals surface area contributed by atoms with E-state index < -0.39 is 11.6 Å². The first-order valence-corrected chi connectivity index (χ1v) is 6.67. The molecule has 0 saturated carbocycles. The minimum Gasteiger partial charge on any atom is -0.324 e. The van der Waals surface area contributed by atoms with Gasteiger partial charge in [0.25, 0.3) is 0 Å². The summed E-state index contributed by atoms with van der Waals surface area (Å²) in [7, 11) is 0. The summed E-state index contributed by atoms with van der Waals surface area (Å²) in [6, 6.07) is 3.55. The van der Waals surface area contributed by atoms with E-state index in [1.54, 1.807) is 6.20 Å². The van der Waals surface area contributed by atoms with Crippen molar-refractivity contribution in [2.45, 2.75) is 31.7 Å². The third-order valence-electron chi connectivity index (χ3n) is 3.64. The molecule has 1 atom stereocenters. The van der Waals surface area contributed by atoms with Crippen LogP contribution in [0.3, 0.4) is 0 Å². The second-order valence-electron chi connectivity index (χ2n) is 5.10. The Bertz CT molecular complexity index is 643. The zero-order valence-electron chi connectivity index (χ0n) is 10.9. The Morgan fingerprint density at radius 1 is 1.30 bits per heavy atom. The first-order chi connectivity index (χ1) is 9.63. The fraction of sp³-hybridized carbons (Fsp3) is 0.333. The first kappa shape index (κ1) is 13.1. The second-order valence-corrected chi connectivity index (χ2v) is 5.10. The number of aryl methyl sites for hydroxylation is 1. The Balaban J connectivity index is 1.88. The average molecular weight is 275 g/mol. The van der Waals surface area contributed by atoms with Crippen LogP contribution in [-0.2, 0) is 12.8 Å². The van der Waals surface area contributed by atoms with E-state index in [9.17, 15) is 8.78 Å². The molecule has 0 saturated heterocycles. The highest BCUT2D eigenvalue weighted by Crippen LogP contribution is 2.26. The third kappa shape index (κ3) is 2.54. The molecule has 1 aliphatic carbocycles. The molecular weight excluding hydrogens is 260 g/mol. The molecule has 0 spiro atoms. The van der Waals surface area contributed by atoms with E-state index in [-0.39, 0.29) is 12.5 Å². The Kier molecular flexibility index (Phi) is 3.44. The summed E-state index contributed by atoms with van der Waals surface area (Å²) in [4.78, 5) is 8.72. The van der Waals surface area contributed by atoms with Crippen molar-refractivity contribution >= 4 is 0 Å². The van der Waals surface area contributed by atoms with E-state index in [0.29, 0.717) is 11.4 Å². The van der Waals surface area contributed by atoms with E-state index in [4.69, 9.17) is 5.73 Å². The van der Waals surface area contributed by atoms with E-state index >= 15 is 0 Å². The highest BCUT2D eigenvalue weighted by atomic mass is 19.1. The lowest BCUT2D eigenvalue weighted by molar-refractivity contribution is 0.551. The predicted octanol–water partition coefficient (Wildman–Crippen LogP) is 2.68. The van der Waals surface area contributed by atoms with Crippen molar-refractivity contribution in [2.24, 2.45) is 5.73 Å². The van der Waals surface area contributed by atoms with Crippen LogP contribution < -0.4 is 5.73 Å². The largest absolute Gasteiger partial charge is 0.324 e. The Labute approximate surface area is 115 Å². The van der Waals surface area contributed by atoms with Gasteiger partial charge in [-0.15, -0.1) is 0 Å². The quantitative estimate of drug-likeness (QED) is 0.916. The molecule has 3 nitrogen and oxygen atoms in total. The van der Waals surface area contributed by atoms with Gasteiger partial charge in [0.05, 0.1) is 0 Å². The molecule has 104 valence electrons. The Morgan fingerprint density at radius 3 is 2.95 bits per heavy atom. The molecule has 0 aliphatic heterocycles. The van der Waals surface area contributed by atoms with Gasteiger partial charge in [0.15, 0.2) is 0 Å². The fourth-order valence-corrected chi connectivity index (χ4v) is 2.54. The van der Waals surface area contributed by atoms with E-state index in [1.165, 1.54) is 12.1 Å². The van der Waals surface area contributed by atoms with Crippen LogP contribution in [0.5, 0.6) is 0 Å². The van der Waals surface area contributed by atoms with E-state index in [2.05, 4.69) is 9.97 Å². The van der Waals surface area contributed by atoms with Gasteiger partial charge in [0, 0.05) is 36.0 Å². The Morgan fingerprint density at radius 2 is 2.15 bits per heavy atom. The van der Waals surface area contributed by atoms with Crippen molar-refractivity contribution in [2.75, 3.05) is 0 Å². The summed E-state index contributed by atoms with van der Waals surface area (Å²) < 4.78 is 26.5. The highest BCUT2D eigenvalue weighted by Gasteiger charge is 2.19. The first-order valence-electron chi connectivity index (χ1n) is 6.67. The summed E-state index contributed by atoms with van der Waals surface area (Å²) in [5.74, 6) is -0.602. The summed E-state index contributed by atoms with van der Waals surface area (Å²) in [5.41, 5.74) is 8.34. The normalized spacial score (nSPS) is 17.9. The van der Waals surface area contributed by atoms with Crippen molar-refractivity contribution in [3.8, 4) is 0 Å². The SMILES string of the molecule is NC1CCCc2nc(Cc3ccc(F)cc3F)ncc21. The summed E-state index contributed by atoms with van der Waals surface area (Å²) in [5, 5.41) is 0. The number of benzene rings is 1. The molecule has 0 bridgehead atoms. The zero-order valence-corrected chi connectivity index (χ0v) is 10.9. The van der Waals surface area contributed by atoms with Gasteiger partial charge in [0.2, 0.25) is 0 Å². The van der Waals surface area contributed by atoms with Crippen LogP contribution in [0.15, 0.2) is 24.4 Å². The van der Waals surface area contributed by atoms with Crippen LogP contribution in [0.2, 0.25) is 0 Å². The van der Waals surface area contributed by atoms with Gasteiger partial charge in [-0.1, -0.05) is 6.07 Å². The lowest BCUT2D eigenvalue weighted by Crippen LogP contribution is -2.20. The maximum atomic E-state index is 13.6. The monoisotopic (exact) mass is 275 g/mol. The van der Waals surface area contributed by atoms with Gasteiger partial charge >= 0.3 is 0 Å². The van der Waals surface area contributed by atoms with Crippen molar-refractivity contribution in [1.29, 1.82) is 0 Å². The number of nitrogens with zero attached hydrogens (tertiary/aromatic N) is 2. The van der Waals surface area contributed by atoms with Crippen LogP contribution in [0.25, 0.3) is 0 Å². The molecule has 1 aromatic carbocycles. The van der Waals surface area contributed by atoms with Crippen LogP contribution in [-0.4, -0.2) is 9.97 Å². The molecule has 2 N–H and O–H groups in total. The number of rotatable bonds is 2. The van der Waals surface area contributed by atoms with Crippen molar-refractivity contribution in [3.63, 3.8) is 0 Å². The van der Waals surface area contributed by atoms with Crippen LogP contribution in [0, 0.1) is 11.6 Å². The summed E-state index contributed by atoms with van der Waals surface area (Å²) in [6.45, 7) is 0. The van der Waals surface area contributed by atoms with Crippen LogP contribution in [0.4, 0.5) is 8.78 Å². The molecule has 0 radical (unpaired) electrons. The van der Waals surface area contributed by atoms with Gasteiger partial charge in [0.1, 0.15) is 17.5 Å². The molecule has 0 fully saturated rings. The molecule has 5 heteroatoms. The lowest BCUT2D eigenvalue weighted by atomic mass is 9.93. The number of fused-ring (bicyclic) bond motifs is 1. The number of aromatic nitrogens is 2. The predicted molar refractivity (Wildman–Crippen MR) is 71.1 cm³/mol. The van der Waals surface area contributed by atoms with Crippen molar-refractivity contribution in [3.05, 3.63) is 58.7 Å². The number of halogens is 2. The van der Waals surface area contributed by atoms with E-state index in [0.717, 1.165) is 36.6 Å². The smallest absolute Gasteiger partial charge is 0.133 e. The molecule has 0 amide bonds. The third-order valence-corrected chi connectivity index (χ3v) is 3.64. The van der Waals surface area contributed by atoms with Gasteiger partial charge < -0.3 is 5.73 Å². The molecule has 1 aromatic heterocycles. The fourth-order valence-electron chi connectivity index (χ4n) is 2.54. The minimum absolute atomic E-state index is 0.00430. The maximum Gasteiger partial charge on any atom is 0.133 e. The average Bonchev–Trinajstić information content (AvgIpc) is 2.42. The van der Waals surface area contributed by atoms with Crippen LogP contribution >= 0.6 is 0 Å². The lowest BCUT2D eigenvalue weighted by Gasteiger charge is -2.21. The highest BCUT2D eigenvalue weighted by molar-refractivity contribution is 5.27. The van der Waals surface area contributed by atoms with Crippen LogP contribution in [0.1, 0.15) is 41.5 Å².